The number of nitrogens with zero attached hydrogens (tertiary/aromatic N) is 1. The average molecular weight is 351 g/mol. The van der Waals surface area contributed by atoms with Crippen LogP contribution in [0.25, 0.3) is 0 Å². The summed E-state index contributed by atoms with van der Waals surface area (Å²) in [6.45, 7) is 2.45. The second-order valence-corrected chi connectivity index (χ2v) is 6.57. The molecule has 1 aliphatic heterocycles. The van der Waals surface area contributed by atoms with Gasteiger partial charge < -0.3 is 14.4 Å². The maximum absolute atomic E-state index is 12.9. The topological polar surface area (TPSA) is 38.8 Å². The zero-order valence-corrected chi connectivity index (χ0v) is 15.5. The molecule has 2 atom stereocenters. The van der Waals surface area contributed by atoms with E-state index in [-0.39, 0.29) is 17.9 Å². The van der Waals surface area contributed by atoms with Gasteiger partial charge in [-0.2, -0.15) is 0 Å². The van der Waals surface area contributed by atoms with E-state index < -0.39 is 0 Å². The van der Waals surface area contributed by atoms with Crippen LogP contribution in [-0.4, -0.2) is 31.1 Å². The zero-order chi connectivity index (χ0) is 18.5. The predicted molar refractivity (Wildman–Crippen MR) is 102 cm³/mol. The van der Waals surface area contributed by atoms with E-state index in [1.54, 1.807) is 14.2 Å². The smallest absolute Gasteiger partial charge is 0.230 e. The van der Waals surface area contributed by atoms with Crippen molar-refractivity contribution in [2.75, 3.05) is 14.2 Å². The third-order valence-electron chi connectivity index (χ3n) is 4.82. The van der Waals surface area contributed by atoms with Crippen molar-refractivity contribution in [2.24, 2.45) is 5.92 Å². The summed E-state index contributed by atoms with van der Waals surface area (Å²) in [7, 11) is 3.27. The Morgan fingerprint density at radius 2 is 1.77 bits per heavy atom. The summed E-state index contributed by atoms with van der Waals surface area (Å²) in [4.78, 5) is 14.8. The van der Waals surface area contributed by atoms with E-state index in [1.165, 1.54) is 5.56 Å². The first-order valence-electron chi connectivity index (χ1n) is 8.86. The third-order valence-corrected chi connectivity index (χ3v) is 4.82. The van der Waals surface area contributed by atoms with Gasteiger partial charge in [-0.15, -0.1) is 0 Å². The standard InChI is InChI=1S/C22H25NO3/c1-16-9-11-19(13-17-7-5-4-6-8-17)23(22(16)24)15-18-10-12-20(25-2)14-21(18)26-3/h4-12,14,16,19H,13,15H2,1-3H3/t16-,19-/m1/s1. The van der Waals surface area contributed by atoms with Crippen LogP contribution in [0.2, 0.25) is 0 Å². The molecule has 0 radical (unpaired) electrons. The van der Waals surface area contributed by atoms with Crippen molar-refractivity contribution in [1.29, 1.82) is 0 Å². The summed E-state index contributed by atoms with van der Waals surface area (Å²) in [5, 5.41) is 0. The lowest BCUT2D eigenvalue weighted by atomic mass is 9.95. The molecule has 0 bridgehead atoms. The quantitative estimate of drug-likeness (QED) is 0.742. The molecule has 0 saturated carbocycles. The number of rotatable bonds is 6. The summed E-state index contributed by atoms with van der Waals surface area (Å²) in [5.41, 5.74) is 2.19. The fourth-order valence-corrected chi connectivity index (χ4v) is 3.30. The monoisotopic (exact) mass is 351 g/mol. The number of ether oxygens (including phenoxy) is 2. The largest absolute Gasteiger partial charge is 0.497 e. The van der Waals surface area contributed by atoms with E-state index in [0.29, 0.717) is 6.54 Å². The lowest BCUT2D eigenvalue weighted by molar-refractivity contribution is -0.136. The highest BCUT2D eigenvalue weighted by molar-refractivity contribution is 5.82. The fourth-order valence-electron chi connectivity index (χ4n) is 3.30. The Bertz CT molecular complexity index is 785. The number of amides is 1. The zero-order valence-electron chi connectivity index (χ0n) is 15.5. The summed E-state index contributed by atoms with van der Waals surface area (Å²) >= 11 is 0. The molecule has 0 unspecified atom stereocenters. The molecule has 1 aliphatic rings. The van der Waals surface area contributed by atoms with E-state index in [0.717, 1.165) is 23.5 Å². The van der Waals surface area contributed by atoms with Gasteiger partial charge in [0, 0.05) is 18.2 Å². The van der Waals surface area contributed by atoms with Gasteiger partial charge in [-0.3, -0.25) is 4.79 Å². The van der Waals surface area contributed by atoms with Gasteiger partial charge in [-0.05, 0) is 24.1 Å². The highest BCUT2D eigenvalue weighted by Crippen LogP contribution is 2.29. The van der Waals surface area contributed by atoms with Crippen LogP contribution < -0.4 is 9.47 Å². The Hall–Kier alpha value is -2.75. The van der Waals surface area contributed by atoms with Gasteiger partial charge in [0.1, 0.15) is 11.5 Å². The maximum atomic E-state index is 12.9. The summed E-state index contributed by atoms with van der Waals surface area (Å²) in [6.07, 6.45) is 4.96. The molecular weight excluding hydrogens is 326 g/mol. The molecule has 0 N–H and O–H groups in total. The molecule has 3 rings (SSSR count). The molecule has 0 aliphatic carbocycles. The number of hydrogen-bond donors (Lipinski definition) is 0. The van der Waals surface area contributed by atoms with Crippen molar-refractivity contribution in [1.82, 2.24) is 4.90 Å². The molecular formula is C22H25NO3. The van der Waals surface area contributed by atoms with Crippen LogP contribution >= 0.6 is 0 Å². The highest BCUT2D eigenvalue weighted by Gasteiger charge is 2.29. The van der Waals surface area contributed by atoms with Crippen LogP contribution in [0.4, 0.5) is 0 Å². The lowest BCUT2D eigenvalue weighted by Crippen LogP contribution is -2.45. The van der Waals surface area contributed by atoms with Crippen molar-refractivity contribution in [2.45, 2.75) is 25.9 Å². The Morgan fingerprint density at radius 1 is 1.00 bits per heavy atom. The van der Waals surface area contributed by atoms with Crippen LogP contribution in [0, 0.1) is 5.92 Å². The lowest BCUT2D eigenvalue weighted by Gasteiger charge is -2.35. The van der Waals surface area contributed by atoms with Crippen LogP contribution in [0.15, 0.2) is 60.7 Å². The van der Waals surface area contributed by atoms with Gasteiger partial charge in [0.15, 0.2) is 0 Å². The number of hydrogen-bond acceptors (Lipinski definition) is 3. The highest BCUT2D eigenvalue weighted by atomic mass is 16.5. The number of methoxy groups -OCH3 is 2. The van der Waals surface area contributed by atoms with E-state index in [9.17, 15) is 4.79 Å². The van der Waals surface area contributed by atoms with Crippen LogP contribution in [0.1, 0.15) is 18.1 Å². The summed E-state index contributed by atoms with van der Waals surface area (Å²) in [6, 6.07) is 16.0. The van der Waals surface area contributed by atoms with E-state index in [2.05, 4.69) is 18.2 Å². The fraction of sp³-hybridized carbons (Fsp3) is 0.318. The van der Waals surface area contributed by atoms with Gasteiger partial charge >= 0.3 is 0 Å². The molecule has 1 heterocycles. The van der Waals surface area contributed by atoms with E-state index in [1.807, 2.05) is 54.3 Å². The van der Waals surface area contributed by atoms with Gasteiger partial charge in [0.2, 0.25) is 5.91 Å². The predicted octanol–water partition coefficient (Wildman–Crippen LogP) is 3.85. The van der Waals surface area contributed by atoms with Gasteiger partial charge in [-0.1, -0.05) is 49.4 Å². The Balaban J connectivity index is 1.87. The minimum atomic E-state index is -0.105. The molecule has 26 heavy (non-hydrogen) atoms. The SMILES string of the molecule is COc1ccc(CN2C(=O)[C@H](C)C=C[C@@H]2Cc2ccccc2)c(OC)c1. The molecule has 0 saturated heterocycles. The molecule has 2 aromatic carbocycles. The molecule has 1 amide bonds. The molecule has 0 fully saturated rings. The maximum Gasteiger partial charge on any atom is 0.230 e. The third kappa shape index (κ3) is 3.90. The Labute approximate surface area is 155 Å². The first-order valence-corrected chi connectivity index (χ1v) is 8.86. The average Bonchev–Trinajstić information content (AvgIpc) is 2.68. The molecule has 0 aromatic heterocycles. The van der Waals surface area contributed by atoms with Gasteiger partial charge in [0.05, 0.1) is 26.2 Å². The second-order valence-electron chi connectivity index (χ2n) is 6.57. The number of benzene rings is 2. The van der Waals surface area contributed by atoms with Crippen molar-refractivity contribution < 1.29 is 14.3 Å². The molecule has 2 aromatic rings. The Kier molecular flexibility index (Phi) is 5.61. The van der Waals surface area contributed by atoms with Crippen LogP contribution in [-0.2, 0) is 17.8 Å². The normalized spacial score (nSPS) is 19.5. The van der Waals surface area contributed by atoms with Gasteiger partial charge in [-0.25, -0.2) is 0 Å². The first kappa shape index (κ1) is 18.1. The van der Waals surface area contributed by atoms with E-state index in [4.69, 9.17) is 9.47 Å². The van der Waals surface area contributed by atoms with Crippen molar-refractivity contribution >= 4 is 5.91 Å². The molecule has 136 valence electrons. The molecule has 4 nitrogen and oxygen atoms in total. The first-order chi connectivity index (χ1) is 12.6. The molecule has 4 heteroatoms. The molecule has 0 spiro atoms. The van der Waals surface area contributed by atoms with Crippen molar-refractivity contribution in [3.05, 3.63) is 71.8 Å². The van der Waals surface area contributed by atoms with Crippen LogP contribution in [0.3, 0.4) is 0 Å². The number of carbonyl (C=O) groups excluding carboxylic acids is 1. The van der Waals surface area contributed by atoms with Crippen molar-refractivity contribution in [3.63, 3.8) is 0 Å². The van der Waals surface area contributed by atoms with Crippen LogP contribution in [0.5, 0.6) is 11.5 Å². The minimum Gasteiger partial charge on any atom is -0.497 e. The number of carbonyl (C=O) groups is 1. The van der Waals surface area contributed by atoms with Gasteiger partial charge in [0.25, 0.3) is 0 Å². The summed E-state index contributed by atoms with van der Waals surface area (Å²) in [5.74, 6) is 1.51. The van der Waals surface area contributed by atoms with E-state index >= 15 is 0 Å². The Morgan fingerprint density at radius 3 is 2.46 bits per heavy atom. The second kappa shape index (κ2) is 8.09. The van der Waals surface area contributed by atoms with Crippen molar-refractivity contribution in [3.8, 4) is 11.5 Å². The summed E-state index contributed by atoms with van der Waals surface area (Å²) < 4.78 is 10.8. The minimum absolute atomic E-state index is 0.0351.